The fraction of sp³-hybridized carbons (Fsp3) is 0.143. The third kappa shape index (κ3) is 3.43. The maximum Gasteiger partial charge on any atom is 0.104 e. The first-order valence-electron chi connectivity index (χ1n) is 5.78. The second-order valence-electron chi connectivity index (χ2n) is 4.21. The van der Waals surface area contributed by atoms with Gasteiger partial charge >= 0.3 is 0 Å². The van der Waals surface area contributed by atoms with E-state index in [0.29, 0.717) is 16.6 Å². The molecule has 0 spiro atoms. The average molecular weight is 292 g/mol. The summed E-state index contributed by atoms with van der Waals surface area (Å²) in [6.45, 7) is 0.687. The Balaban J connectivity index is 2.20. The molecular formula is C14H14ClN3S. The molecule has 2 aromatic rings. The van der Waals surface area contributed by atoms with Gasteiger partial charge in [0.15, 0.2) is 0 Å². The van der Waals surface area contributed by atoms with Crippen molar-refractivity contribution in [3.63, 3.8) is 0 Å². The lowest BCUT2D eigenvalue weighted by Crippen LogP contribution is -2.18. The summed E-state index contributed by atoms with van der Waals surface area (Å²) in [5, 5.41) is 0.628. The summed E-state index contributed by atoms with van der Waals surface area (Å²) in [5.74, 6) is 0. The lowest BCUT2D eigenvalue weighted by molar-refractivity contribution is 0.885. The number of rotatable bonds is 4. The molecule has 1 aromatic carbocycles. The minimum Gasteiger partial charge on any atom is -0.389 e. The van der Waals surface area contributed by atoms with Crippen LogP contribution in [0.4, 0.5) is 5.69 Å². The van der Waals surface area contributed by atoms with Gasteiger partial charge in [0.2, 0.25) is 0 Å². The molecule has 0 unspecified atom stereocenters. The first kappa shape index (κ1) is 13.8. The number of thiocarbonyl (C=S) groups is 1. The minimum atomic E-state index is 0.348. The molecule has 5 heteroatoms. The highest BCUT2D eigenvalue weighted by atomic mass is 35.5. The van der Waals surface area contributed by atoms with Crippen LogP contribution in [0.2, 0.25) is 5.02 Å². The van der Waals surface area contributed by atoms with Gasteiger partial charge in [-0.3, -0.25) is 4.98 Å². The van der Waals surface area contributed by atoms with Gasteiger partial charge in [-0.15, -0.1) is 0 Å². The molecule has 98 valence electrons. The van der Waals surface area contributed by atoms with E-state index in [1.165, 1.54) is 0 Å². The molecule has 0 amide bonds. The molecule has 0 atom stereocenters. The van der Waals surface area contributed by atoms with E-state index >= 15 is 0 Å². The van der Waals surface area contributed by atoms with Gasteiger partial charge in [-0.2, -0.15) is 0 Å². The number of aromatic nitrogens is 1. The number of nitrogens with zero attached hydrogens (tertiary/aromatic N) is 2. The van der Waals surface area contributed by atoms with Crippen LogP contribution in [0, 0.1) is 0 Å². The number of anilines is 1. The minimum absolute atomic E-state index is 0.348. The number of pyridine rings is 1. The fourth-order valence-electron chi connectivity index (χ4n) is 1.79. The Hall–Kier alpha value is -1.65. The number of hydrogen-bond donors (Lipinski definition) is 1. The first-order chi connectivity index (χ1) is 9.08. The van der Waals surface area contributed by atoms with Gasteiger partial charge in [0.05, 0.1) is 22.9 Å². The molecule has 0 aliphatic rings. The van der Waals surface area contributed by atoms with Crippen LogP contribution >= 0.6 is 23.8 Å². The van der Waals surface area contributed by atoms with Crippen LogP contribution in [0.5, 0.6) is 0 Å². The van der Waals surface area contributed by atoms with E-state index in [1.807, 2.05) is 42.3 Å². The molecular weight excluding hydrogens is 278 g/mol. The van der Waals surface area contributed by atoms with Crippen molar-refractivity contribution in [2.24, 2.45) is 5.73 Å². The van der Waals surface area contributed by atoms with Crippen LogP contribution in [0.3, 0.4) is 0 Å². The van der Waals surface area contributed by atoms with Crippen molar-refractivity contribution in [3.8, 4) is 0 Å². The molecule has 0 saturated heterocycles. The van der Waals surface area contributed by atoms with Crippen molar-refractivity contribution in [1.29, 1.82) is 0 Å². The molecule has 2 rings (SSSR count). The zero-order chi connectivity index (χ0) is 13.8. The molecule has 19 heavy (non-hydrogen) atoms. The van der Waals surface area contributed by atoms with Gasteiger partial charge in [-0.05, 0) is 30.3 Å². The number of nitrogens with two attached hydrogens (primary N) is 1. The maximum atomic E-state index is 6.26. The smallest absolute Gasteiger partial charge is 0.104 e. The van der Waals surface area contributed by atoms with Crippen molar-refractivity contribution in [3.05, 3.63) is 58.9 Å². The summed E-state index contributed by atoms with van der Waals surface area (Å²) in [5.41, 5.74) is 8.26. The third-order valence-corrected chi connectivity index (χ3v) is 3.31. The quantitative estimate of drug-likeness (QED) is 0.880. The van der Waals surface area contributed by atoms with Crippen molar-refractivity contribution in [1.82, 2.24) is 4.98 Å². The van der Waals surface area contributed by atoms with E-state index in [1.54, 1.807) is 12.3 Å². The van der Waals surface area contributed by atoms with Gasteiger partial charge in [-0.1, -0.05) is 29.9 Å². The Labute approximate surface area is 123 Å². The van der Waals surface area contributed by atoms with Crippen LogP contribution in [0.25, 0.3) is 0 Å². The normalized spacial score (nSPS) is 10.2. The monoisotopic (exact) mass is 291 g/mol. The van der Waals surface area contributed by atoms with Crippen LogP contribution in [0.1, 0.15) is 11.3 Å². The van der Waals surface area contributed by atoms with Gasteiger partial charge in [0.1, 0.15) is 4.99 Å². The summed E-state index contributed by atoms with van der Waals surface area (Å²) in [6, 6.07) is 11.4. The molecule has 1 aromatic heterocycles. The van der Waals surface area contributed by atoms with Crippen LogP contribution < -0.4 is 10.6 Å². The van der Waals surface area contributed by atoms with Gasteiger partial charge in [0.25, 0.3) is 0 Å². The predicted octanol–water partition coefficient (Wildman–Crippen LogP) is 3.01. The van der Waals surface area contributed by atoms with E-state index in [-0.39, 0.29) is 0 Å². The molecule has 0 aliphatic carbocycles. The van der Waals surface area contributed by atoms with Crippen LogP contribution in [-0.2, 0) is 6.54 Å². The Morgan fingerprint density at radius 2 is 2.16 bits per heavy atom. The molecule has 1 heterocycles. The van der Waals surface area contributed by atoms with Crippen molar-refractivity contribution in [2.75, 3.05) is 11.9 Å². The maximum absolute atomic E-state index is 6.26. The largest absolute Gasteiger partial charge is 0.389 e. The van der Waals surface area contributed by atoms with Crippen molar-refractivity contribution >= 4 is 34.5 Å². The Morgan fingerprint density at radius 1 is 1.37 bits per heavy atom. The van der Waals surface area contributed by atoms with Gasteiger partial charge < -0.3 is 10.6 Å². The Kier molecular flexibility index (Phi) is 4.35. The van der Waals surface area contributed by atoms with E-state index in [2.05, 4.69) is 4.98 Å². The SMILES string of the molecule is CN(Cc1ccccn1)c1ccc(C(N)=S)cc1Cl. The summed E-state index contributed by atoms with van der Waals surface area (Å²) in [4.78, 5) is 6.68. The number of hydrogen-bond acceptors (Lipinski definition) is 3. The zero-order valence-electron chi connectivity index (χ0n) is 10.5. The van der Waals surface area contributed by atoms with Crippen LogP contribution in [-0.4, -0.2) is 17.0 Å². The number of halogens is 1. The molecule has 2 N–H and O–H groups in total. The van der Waals surface area contributed by atoms with E-state index < -0.39 is 0 Å². The first-order valence-corrected chi connectivity index (χ1v) is 6.57. The summed E-state index contributed by atoms with van der Waals surface area (Å²) < 4.78 is 0. The standard InChI is InChI=1S/C14H14ClN3S/c1-18(9-11-4-2-3-7-17-11)13-6-5-10(14(16)19)8-12(13)15/h2-8H,9H2,1H3,(H2,16,19). The molecule has 0 aliphatic heterocycles. The lowest BCUT2D eigenvalue weighted by Gasteiger charge is -2.20. The fourth-order valence-corrected chi connectivity index (χ4v) is 2.24. The second-order valence-corrected chi connectivity index (χ2v) is 5.05. The summed E-state index contributed by atoms with van der Waals surface area (Å²) >= 11 is 11.2. The van der Waals surface area contributed by atoms with Gasteiger partial charge in [-0.25, -0.2) is 0 Å². The zero-order valence-corrected chi connectivity index (χ0v) is 12.1. The highest BCUT2D eigenvalue weighted by Crippen LogP contribution is 2.27. The highest BCUT2D eigenvalue weighted by molar-refractivity contribution is 7.80. The Morgan fingerprint density at radius 3 is 2.74 bits per heavy atom. The topological polar surface area (TPSA) is 42.2 Å². The summed E-state index contributed by atoms with van der Waals surface area (Å²) in [6.07, 6.45) is 1.78. The highest BCUT2D eigenvalue weighted by Gasteiger charge is 2.09. The third-order valence-electron chi connectivity index (χ3n) is 2.77. The average Bonchev–Trinajstić information content (AvgIpc) is 2.39. The molecule has 0 fully saturated rings. The lowest BCUT2D eigenvalue weighted by atomic mass is 10.2. The van der Waals surface area contributed by atoms with Crippen molar-refractivity contribution in [2.45, 2.75) is 6.54 Å². The summed E-state index contributed by atoms with van der Waals surface area (Å²) in [7, 11) is 1.97. The molecule has 0 saturated carbocycles. The van der Waals surface area contributed by atoms with E-state index in [9.17, 15) is 0 Å². The molecule has 3 nitrogen and oxygen atoms in total. The predicted molar refractivity (Wildman–Crippen MR) is 83.7 cm³/mol. The van der Waals surface area contributed by atoms with E-state index in [0.717, 1.165) is 16.9 Å². The van der Waals surface area contributed by atoms with Gasteiger partial charge in [0, 0.05) is 18.8 Å². The molecule has 0 bridgehead atoms. The second kappa shape index (κ2) is 5.99. The van der Waals surface area contributed by atoms with Crippen molar-refractivity contribution < 1.29 is 0 Å². The Bertz CT molecular complexity index is 586. The van der Waals surface area contributed by atoms with Crippen LogP contribution in [0.15, 0.2) is 42.6 Å². The number of benzene rings is 1. The molecule has 0 radical (unpaired) electrons. The van der Waals surface area contributed by atoms with E-state index in [4.69, 9.17) is 29.6 Å².